The lowest BCUT2D eigenvalue weighted by Crippen LogP contribution is -2.27. The van der Waals surface area contributed by atoms with Gasteiger partial charge in [-0.15, -0.1) is 5.11 Å². The number of nitro benzene ring substituents is 1. The van der Waals surface area contributed by atoms with E-state index in [1.54, 1.807) is 0 Å². The molecular weight excluding hydrogens is 362 g/mol. The van der Waals surface area contributed by atoms with E-state index in [0.717, 1.165) is 32.1 Å². The van der Waals surface area contributed by atoms with E-state index >= 15 is 0 Å². The van der Waals surface area contributed by atoms with Crippen molar-refractivity contribution in [3.05, 3.63) is 55.9 Å². The Morgan fingerprint density at radius 3 is 2.64 bits per heavy atom. The minimum Gasteiger partial charge on any atom is -0.493 e. The van der Waals surface area contributed by atoms with Crippen LogP contribution in [0.4, 0.5) is 17.1 Å². The van der Waals surface area contributed by atoms with E-state index in [2.05, 4.69) is 10.2 Å². The average molecular weight is 381 g/mol. The fourth-order valence-electron chi connectivity index (χ4n) is 3.48. The summed E-state index contributed by atoms with van der Waals surface area (Å²) in [6.45, 7) is 1.52. The minimum absolute atomic E-state index is 0.0156. The number of nitro groups is 1. The normalized spacial score (nSPS) is 14.9. The van der Waals surface area contributed by atoms with Gasteiger partial charge in [-0.2, -0.15) is 10.4 Å². The third kappa shape index (κ3) is 3.62. The molecule has 2 aromatic rings. The summed E-state index contributed by atoms with van der Waals surface area (Å²) in [6.07, 6.45) is 4.43. The van der Waals surface area contributed by atoms with E-state index in [0.29, 0.717) is 0 Å². The van der Waals surface area contributed by atoms with E-state index < -0.39 is 10.5 Å². The number of rotatable bonds is 4. The summed E-state index contributed by atoms with van der Waals surface area (Å²) < 4.78 is 1.24. The van der Waals surface area contributed by atoms with Gasteiger partial charge in [-0.05, 0) is 25.8 Å². The van der Waals surface area contributed by atoms with Gasteiger partial charge in [0.25, 0.3) is 11.2 Å². The molecule has 0 spiro atoms. The Kier molecular flexibility index (Phi) is 5.49. The maximum Gasteiger partial charge on any atom is 0.281 e. The molecule has 9 heteroatoms. The second kappa shape index (κ2) is 8.00. The number of benzene rings is 1. The highest BCUT2D eigenvalue weighted by Gasteiger charge is 2.25. The van der Waals surface area contributed by atoms with Crippen LogP contribution in [0.5, 0.6) is 5.88 Å². The first kappa shape index (κ1) is 19.2. The summed E-state index contributed by atoms with van der Waals surface area (Å²) in [5, 5.41) is 38.8. The van der Waals surface area contributed by atoms with Crippen LogP contribution < -0.4 is 5.56 Å². The van der Waals surface area contributed by atoms with E-state index in [9.17, 15) is 25.3 Å². The fraction of sp³-hybridized carbons (Fsp3) is 0.368. The number of hydrogen-bond acceptors (Lipinski definition) is 7. The van der Waals surface area contributed by atoms with Crippen LogP contribution in [0.25, 0.3) is 0 Å². The van der Waals surface area contributed by atoms with Crippen LogP contribution in [0.1, 0.15) is 49.3 Å². The molecule has 1 aliphatic rings. The third-order valence-electron chi connectivity index (χ3n) is 4.96. The molecule has 1 heterocycles. The maximum atomic E-state index is 13.0. The molecule has 1 aromatic carbocycles. The van der Waals surface area contributed by atoms with E-state index in [4.69, 9.17) is 0 Å². The molecule has 1 aromatic heterocycles. The number of pyridine rings is 1. The molecule has 1 saturated carbocycles. The van der Waals surface area contributed by atoms with Gasteiger partial charge in [0.15, 0.2) is 5.69 Å². The summed E-state index contributed by atoms with van der Waals surface area (Å²) in [5.74, 6) is -0.341. The van der Waals surface area contributed by atoms with Gasteiger partial charge < -0.3 is 5.11 Å². The van der Waals surface area contributed by atoms with Crippen molar-refractivity contribution in [2.45, 2.75) is 45.1 Å². The Bertz CT molecular complexity index is 1050. The quantitative estimate of drug-likeness (QED) is 0.470. The van der Waals surface area contributed by atoms with Crippen molar-refractivity contribution < 1.29 is 10.0 Å². The highest BCUT2D eigenvalue weighted by molar-refractivity contribution is 5.57. The van der Waals surface area contributed by atoms with Crippen molar-refractivity contribution >= 4 is 17.1 Å². The first-order valence-electron chi connectivity index (χ1n) is 8.98. The summed E-state index contributed by atoms with van der Waals surface area (Å²) in [4.78, 5) is 23.4. The van der Waals surface area contributed by atoms with E-state index in [1.807, 2.05) is 6.07 Å². The Labute approximate surface area is 160 Å². The van der Waals surface area contributed by atoms with Gasteiger partial charge in [-0.25, -0.2) is 0 Å². The lowest BCUT2D eigenvalue weighted by atomic mass is 9.94. The standard InChI is InChI=1S/C19H19N5O4/c1-12-16(11-20)18(25)23(14-7-3-2-4-8-14)19(26)17(12)22-21-13-6-5-9-15(10-13)24(27)28/h5-6,9-10,14,25H,2-4,7-8H2,1H3. The van der Waals surface area contributed by atoms with Crippen molar-refractivity contribution in [3.8, 4) is 11.9 Å². The molecule has 0 aliphatic heterocycles. The molecule has 0 radical (unpaired) electrons. The minimum atomic E-state index is -0.547. The first-order valence-corrected chi connectivity index (χ1v) is 8.98. The van der Waals surface area contributed by atoms with Crippen LogP contribution in [0, 0.1) is 28.4 Å². The summed E-state index contributed by atoms with van der Waals surface area (Å²) in [7, 11) is 0. The third-order valence-corrected chi connectivity index (χ3v) is 4.96. The second-order valence-electron chi connectivity index (χ2n) is 6.73. The molecule has 0 saturated heterocycles. The largest absolute Gasteiger partial charge is 0.493 e. The first-order chi connectivity index (χ1) is 13.4. The van der Waals surface area contributed by atoms with Crippen molar-refractivity contribution in [2.75, 3.05) is 0 Å². The lowest BCUT2D eigenvalue weighted by molar-refractivity contribution is -0.384. The molecule has 0 atom stereocenters. The number of aromatic hydroxyl groups is 1. The van der Waals surface area contributed by atoms with Crippen molar-refractivity contribution in [1.82, 2.24) is 4.57 Å². The monoisotopic (exact) mass is 381 g/mol. The zero-order valence-corrected chi connectivity index (χ0v) is 15.3. The fourth-order valence-corrected chi connectivity index (χ4v) is 3.48. The van der Waals surface area contributed by atoms with Crippen LogP contribution in [-0.4, -0.2) is 14.6 Å². The number of nitrogens with zero attached hydrogens (tertiary/aromatic N) is 5. The molecule has 1 fully saturated rings. The van der Waals surface area contributed by atoms with Crippen molar-refractivity contribution in [1.29, 1.82) is 5.26 Å². The van der Waals surface area contributed by atoms with Gasteiger partial charge in [0.05, 0.1) is 10.6 Å². The lowest BCUT2D eigenvalue weighted by Gasteiger charge is -2.25. The Hall–Kier alpha value is -3.54. The van der Waals surface area contributed by atoms with E-state index in [1.165, 1.54) is 35.8 Å². The molecule has 0 unspecified atom stereocenters. The smallest absolute Gasteiger partial charge is 0.281 e. The highest BCUT2D eigenvalue weighted by Crippen LogP contribution is 2.34. The van der Waals surface area contributed by atoms with Crippen LogP contribution >= 0.6 is 0 Å². The molecule has 9 nitrogen and oxygen atoms in total. The average Bonchev–Trinajstić information content (AvgIpc) is 2.69. The Morgan fingerprint density at radius 2 is 2.00 bits per heavy atom. The van der Waals surface area contributed by atoms with Crippen molar-refractivity contribution in [2.24, 2.45) is 10.2 Å². The molecule has 3 rings (SSSR count). The van der Waals surface area contributed by atoms with Gasteiger partial charge in [0, 0.05) is 23.7 Å². The van der Waals surface area contributed by atoms with Crippen LogP contribution in [0.15, 0.2) is 39.3 Å². The second-order valence-corrected chi connectivity index (χ2v) is 6.73. The molecule has 0 amide bonds. The van der Waals surface area contributed by atoms with Crippen LogP contribution in [0.3, 0.4) is 0 Å². The predicted octanol–water partition coefficient (Wildman–Crippen LogP) is 4.56. The predicted molar refractivity (Wildman–Crippen MR) is 101 cm³/mol. The van der Waals surface area contributed by atoms with Gasteiger partial charge in [-0.3, -0.25) is 19.5 Å². The SMILES string of the molecule is Cc1c(C#N)c(O)n(C2CCCCC2)c(=O)c1N=Nc1cccc([N+](=O)[O-])c1. The van der Waals surface area contributed by atoms with E-state index in [-0.39, 0.29) is 40.1 Å². The number of nitriles is 1. The Balaban J connectivity index is 2.10. The van der Waals surface area contributed by atoms with Gasteiger partial charge in [0.1, 0.15) is 11.6 Å². The molecule has 1 N–H and O–H groups in total. The molecular formula is C19H19N5O4. The Morgan fingerprint density at radius 1 is 1.29 bits per heavy atom. The number of hydrogen-bond donors (Lipinski definition) is 1. The number of azo groups is 1. The molecule has 144 valence electrons. The molecule has 0 bridgehead atoms. The van der Waals surface area contributed by atoms with Gasteiger partial charge >= 0.3 is 0 Å². The van der Waals surface area contributed by atoms with Crippen molar-refractivity contribution in [3.63, 3.8) is 0 Å². The maximum absolute atomic E-state index is 13.0. The topological polar surface area (TPSA) is 134 Å². The van der Waals surface area contributed by atoms with Gasteiger partial charge in [-0.1, -0.05) is 25.3 Å². The molecule has 1 aliphatic carbocycles. The number of aromatic nitrogens is 1. The summed E-state index contributed by atoms with van der Waals surface area (Å²) in [5.41, 5.74) is -0.286. The van der Waals surface area contributed by atoms with Crippen LogP contribution in [0.2, 0.25) is 0 Å². The zero-order valence-electron chi connectivity index (χ0n) is 15.3. The van der Waals surface area contributed by atoms with Crippen LogP contribution in [-0.2, 0) is 0 Å². The highest BCUT2D eigenvalue weighted by atomic mass is 16.6. The summed E-state index contributed by atoms with van der Waals surface area (Å²) >= 11 is 0. The molecule has 28 heavy (non-hydrogen) atoms. The summed E-state index contributed by atoms with van der Waals surface area (Å²) in [6, 6.07) is 7.30. The number of non-ortho nitro benzene ring substituents is 1. The van der Waals surface area contributed by atoms with Gasteiger partial charge in [0.2, 0.25) is 5.88 Å². The zero-order chi connectivity index (χ0) is 20.3.